The van der Waals surface area contributed by atoms with Crippen molar-refractivity contribution in [3.8, 4) is 33.6 Å². The fraction of sp³-hybridized carbons (Fsp3) is 0.100. The second-order valence-corrected chi connectivity index (χ2v) is 10.2. The van der Waals surface area contributed by atoms with E-state index in [2.05, 4.69) is 32.1 Å². The quantitative estimate of drug-likeness (QED) is 0.167. The van der Waals surface area contributed by atoms with Crippen molar-refractivity contribution >= 4 is 33.0 Å². The Hall–Kier alpha value is -5.03. The Balaban J connectivity index is 0.000000230. The minimum Gasteiger partial charge on any atom is -0.486 e. The molecular formula is C40H30IrN4O-2. The molecule has 5 aromatic heterocycles. The molecule has 1 radical (unpaired) electrons. The first-order chi connectivity index (χ1) is 26.8. The monoisotopic (exact) mass is 787 g/mol. The minimum atomic E-state index is -2.33. The van der Waals surface area contributed by atoms with Gasteiger partial charge in [0, 0.05) is 71.1 Å². The number of aryl methyl sites for hydroxylation is 4. The first kappa shape index (κ1) is 19.5. The van der Waals surface area contributed by atoms with Crippen molar-refractivity contribution in [1.29, 1.82) is 0 Å². The maximum absolute atomic E-state index is 7.64. The molecule has 0 aliphatic heterocycles. The van der Waals surface area contributed by atoms with Crippen molar-refractivity contribution < 1.29 is 41.0 Å². The molecule has 46 heavy (non-hydrogen) atoms. The molecule has 0 spiro atoms. The van der Waals surface area contributed by atoms with Crippen LogP contribution >= 0.6 is 0 Å². The maximum Gasteiger partial charge on any atom is 0.216 e. The number of nitrogens with zero attached hydrogens (tertiary/aromatic N) is 4. The minimum absolute atomic E-state index is 0. The summed E-state index contributed by atoms with van der Waals surface area (Å²) < 4.78 is 95.3. The molecule has 3 aromatic carbocycles. The SMILES string of the molecule is [2H]C([2H])([2H])c1c[c-]c(-c2ccc(C([2H])([2H])[2H])cn2)cc1.[2H]C([2H])([2H])c1ccc2cc(-c3ccnc(-c4[c-]ccc5c4oc4nc(C([2H])([2H])[2H])ccc45)c3)ccc2n1.[Ir]. The first-order valence-electron chi connectivity index (χ1n) is 19.9. The van der Waals surface area contributed by atoms with Crippen LogP contribution in [0.2, 0.25) is 0 Å². The van der Waals surface area contributed by atoms with Gasteiger partial charge in [-0.2, -0.15) is 0 Å². The summed E-state index contributed by atoms with van der Waals surface area (Å²) in [5.74, 6) is 0. The zero-order chi connectivity index (χ0) is 40.9. The Labute approximate surface area is 298 Å². The summed E-state index contributed by atoms with van der Waals surface area (Å²) in [7, 11) is 0. The van der Waals surface area contributed by atoms with Gasteiger partial charge >= 0.3 is 0 Å². The number of hydrogen-bond donors (Lipinski definition) is 0. The van der Waals surface area contributed by atoms with Crippen molar-refractivity contribution in [3.63, 3.8) is 0 Å². The van der Waals surface area contributed by atoms with Crippen LogP contribution in [-0.4, -0.2) is 19.9 Å². The summed E-state index contributed by atoms with van der Waals surface area (Å²) in [5.41, 5.74) is 6.05. The summed E-state index contributed by atoms with van der Waals surface area (Å²) in [6.45, 7) is -8.93. The van der Waals surface area contributed by atoms with E-state index < -0.39 is 27.4 Å². The number of furan rings is 1. The van der Waals surface area contributed by atoms with Gasteiger partial charge in [-0.3, -0.25) is 4.98 Å². The molecule has 8 rings (SSSR count). The molecule has 5 nitrogen and oxygen atoms in total. The van der Waals surface area contributed by atoms with Crippen LogP contribution in [0.25, 0.3) is 66.6 Å². The molecule has 0 aliphatic carbocycles. The van der Waals surface area contributed by atoms with Crippen LogP contribution in [0.3, 0.4) is 0 Å². The molecule has 0 saturated carbocycles. The second-order valence-electron chi connectivity index (χ2n) is 10.2. The molecule has 0 unspecified atom stereocenters. The van der Waals surface area contributed by atoms with E-state index in [1.807, 2.05) is 30.3 Å². The number of hydrogen-bond acceptors (Lipinski definition) is 5. The molecule has 0 saturated heterocycles. The Bertz CT molecular complexity index is 2690. The third-order valence-corrected chi connectivity index (χ3v) is 7.19. The topological polar surface area (TPSA) is 64.7 Å². The van der Waals surface area contributed by atoms with Crippen LogP contribution in [0, 0.1) is 39.5 Å². The summed E-state index contributed by atoms with van der Waals surface area (Å²) >= 11 is 0. The van der Waals surface area contributed by atoms with Crippen LogP contribution in [-0.2, 0) is 20.1 Å². The molecule has 0 atom stereocenters. The van der Waals surface area contributed by atoms with Crippen molar-refractivity contribution in [3.05, 3.63) is 144 Å². The molecule has 0 amide bonds. The standard InChI is InChI=1S/C27H18N3O.C13H12N.Ir/c1-16-6-8-20-14-18(9-11-24(20)29-16)19-12-13-28-25(15-19)23-5-3-4-21-22-10-7-17(2)30-27(22)31-26(21)23;1-10-3-6-12(7-4-10)13-8-5-11(2)9-14-13;/h3-4,6-15H,1-2H3;3-6,8-9H,1-2H3;/q2*-1;/i2*1D3,2D3;. The molecule has 0 aliphatic rings. The van der Waals surface area contributed by atoms with E-state index >= 15 is 0 Å². The van der Waals surface area contributed by atoms with E-state index in [0.717, 1.165) is 21.9 Å². The summed E-state index contributed by atoms with van der Waals surface area (Å²) in [5, 5.41) is 2.33. The predicted molar refractivity (Wildman–Crippen MR) is 182 cm³/mol. The maximum atomic E-state index is 7.64. The molecule has 0 N–H and O–H groups in total. The Kier molecular flexibility index (Phi) is 5.56. The number of rotatable bonds is 3. The van der Waals surface area contributed by atoms with Gasteiger partial charge < -0.3 is 14.4 Å². The molecule has 6 heteroatoms. The van der Waals surface area contributed by atoms with Gasteiger partial charge in [0.15, 0.2) is 0 Å². The van der Waals surface area contributed by atoms with Gasteiger partial charge in [-0.25, -0.2) is 4.98 Å². The van der Waals surface area contributed by atoms with E-state index in [1.54, 1.807) is 42.6 Å². The van der Waals surface area contributed by atoms with Crippen LogP contribution in [0.4, 0.5) is 0 Å². The average Bonchev–Trinajstić information content (AvgIpc) is 3.55. The van der Waals surface area contributed by atoms with E-state index in [-0.39, 0.29) is 48.3 Å². The van der Waals surface area contributed by atoms with Crippen molar-refractivity contribution in [2.75, 3.05) is 0 Å². The Morgan fingerprint density at radius 2 is 1.52 bits per heavy atom. The third-order valence-electron chi connectivity index (χ3n) is 7.19. The zero-order valence-electron chi connectivity index (χ0n) is 35.9. The van der Waals surface area contributed by atoms with Crippen LogP contribution in [0.1, 0.15) is 39.0 Å². The molecular weight excluding hydrogens is 745 g/mol. The second kappa shape index (κ2) is 13.1. The van der Waals surface area contributed by atoms with Crippen LogP contribution < -0.4 is 0 Å². The van der Waals surface area contributed by atoms with E-state index in [4.69, 9.17) is 20.9 Å². The zero-order valence-corrected chi connectivity index (χ0v) is 26.3. The van der Waals surface area contributed by atoms with Gasteiger partial charge in [-0.15, -0.1) is 53.6 Å². The number of pyridine rings is 4. The average molecular weight is 787 g/mol. The van der Waals surface area contributed by atoms with E-state index in [0.29, 0.717) is 39.0 Å². The van der Waals surface area contributed by atoms with Crippen LogP contribution in [0.5, 0.6) is 0 Å². The molecule has 227 valence electrons. The van der Waals surface area contributed by atoms with Gasteiger partial charge in [0.2, 0.25) is 5.71 Å². The van der Waals surface area contributed by atoms with Crippen molar-refractivity contribution in [1.82, 2.24) is 19.9 Å². The molecule has 5 heterocycles. The fourth-order valence-electron chi connectivity index (χ4n) is 5.00. The van der Waals surface area contributed by atoms with E-state index in [9.17, 15) is 0 Å². The van der Waals surface area contributed by atoms with Crippen LogP contribution in [0.15, 0.2) is 114 Å². The summed E-state index contributed by atoms with van der Waals surface area (Å²) in [6.07, 6.45) is 3.00. The molecule has 8 aromatic rings. The summed E-state index contributed by atoms with van der Waals surface area (Å²) in [6, 6.07) is 33.2. The van der Waals surface area contributed by atoms with Gasteiger partial charge in [0.05, 0.1) is 11.1 Å². The molecule has 0 bridgehead atoms. The number of fused-ring (bicyclic) bond motifs is 4. The fourth-order valence-corrected chi connectivity index (χ4v) is 5.00. The van der Waals surface area contributed by atoms with Gasteiger partial charge in [0.25, 0.3) is 0 Å². The predicted octanol–water partition coefficient (Wildman–Crippen LogP) is 9.84. The largest absolute Gasteiger partial charge is 0.486 e. The normalized spacial score (nSPS) is 15.8. The Morgan fingerprint density at radius 1 is 0.674 bits per heavy atom. The van der Waals surface area contributed by atoms with E-state index in [1.165, 1.54) is 36.5 Å². The summed E-state index contributed by atoms with van der Waals surface area (Å²) in [4.78, 5) is 17.1. The molecule has 0 fully saturated rings. The van der Waals surface area contributed by atoms with Crippen molar-refractivity contribution in [2.24, 2.45) is 0 Å². The Morgan fingerprint density at radius 3 is 2.33 bits per heavy atom. The number of aromatic nitrogens is 4. The first-order valence-corrected chi connectivity index (χ1v) is 13.9. The van der Waals surface area contributed by atoms with Gasteiger partial charge in [0.1, 0.15) is 0 Å². The smallest absolute Gasteiger partial charge is 0.216 e. The van der Waals surface area contributed by atoms with Gasteiger partial charge in [-0.05, 0) is 85.0 Å². The number of benzene rings is 3. The third kappa shape index (κ3) is 6.36. The van der Waals surface area contributed by atoms with Gasteiger partial charge in [-0.1, -0.05) is 48.1 Å². The van der Waals surface area contributed by atoms with Crippen molar-refractivity contribution in [2.45, 2.75) is 27.4 Å².